The summed E-state index contributed by atoms with van der Waals surface area (Å²) in [6.45, 7) is 9.96. The standard InChI is InChI=1S/C22H33N5O2.ClH/c1-15(2)29-20-9-7-18(8-10-20)6-5-16(3)24-22(28)21-17(4)27(26-25-21)19-11-13-23-14-12-19;/h7-10,15-16,19,23H,5-6,11-14H2,1-4H3,(H,24,28);1H. The quantitative estimate of drug-likeness (QED) is 0.663. The summed E-state index contributed by atoms with van der Waals surface area (Å²) >= 11 is 0. The predicted molar refractivity (Wildman–Crippen MR) is 121 cm³/mol. The minimum Gasteiger partial charge on any atom is -0.491 e. The first-order chi connectivity index (χ1) is 13.9. The van der Waals surface area contributed by atoms with Gasteiger partial charge in [-0.05, 0) is 84.2 Å². The average Bonchev–Trinajstić information content (AvgIpc) is 3.09. The predicted octanol–water partition coefficient (Wildman–Crippen LogP) is 3.47. The largest absolute Gasteiger partial charge is 0.491 e. The molecule has 1 fully saturated rings. The Morgan fingerprint density at radius 2 is 1.90 bits per heavy atom. The van der Waals surface area contributed by atoms with Crippen molar-refractivity contribution >= 4 is 18.3 Å². The van der Waals surface area contributed by atoms with Gasteiger partial charge in [0.15, 0.2) is 5.69 Å². The van der Waals surface area contributed by atoms with E-state index in [-0.39, 0.29) is 30.5 Å². The minimum absolute atomic E-state index is 0. The first-order valence-corrected chi connectivity index (χ1v) is 10.6. The molecule has 2 N–H and O–H groups in total. The molecule has 0 spiro atoms. The Kier molecular flexibility index (Phi) is 9.11. The second-order valence-corrected chi connectivity index (χ2v) is 8.17. The number of aromatic nitrogens is 3. The molecule has 0 bridgehead atoms. The van der Waals surface area contributed by atoms with Crippen molar-refractivity contribution in [3.8, 4) is 5.75 Å². The van der Waals surface area contributed by atoms with Gasteiger partial charge in [-0.15, -0.1) is 17.5 Å². The maximum atomic E-state index is 12.7. The Balaban J connectivity index is 0.00000320. The molecule has 0 radical (unpaired) electrons. The fraction of sp³-hybridized carbons (Fsp3) is 0.591. The number of halogens is 1. The molecule has 3 rings (SSSR count). The van der Waals surface area contributed by atoms with Crippen LogP contribution in [0, 0.1) is 6.92 Å². The van der Waals surface area contributed by atoms with Crippen LogP contribution in [0.25, 0.3) is 0 Å². The fourth-order valence-electron chi connectivity index (χ4n) is 3.70. The number of nitrogens with one attached hydrogen (secondary N) is 2. The number of piperidine rings is 1. The third-order valence-corrected chi connectivity index (χ3v) is 5.34. The lowest BCUT2D eigenvalue weighted by molar-refractivity contribution is 0.0932. The highest BCUT2D eigenvalue weighted by molar-refractivity contribution is 5.93. The molecule has 1 aromatic carbocycles. The van der Waals surface area contributed by atoms with E-state index in [9.17, 15) is 4.79 Å². The number of hydrogen-bond donors (Lipinski definition) is 2. The molecule has 2 heterocycles. The molecule has 1 aromatic heterocycles. The van der Waals surface area contributed by atoms with Crippen molar-refractivity contribution in [2.24, 2.45) is 0 Å². The maximum Gasteiger partial charge on any atom is 0.273 e. The summed E-state index contributed by atoms with van der Waals surface area (Å²) in [5, 5.41) is 14.8. The molecule has 0 aliphatic carbocycles. The van der Waals surface area contributed by atoms with Gasteiger partial charge >= 0.3 is 0 Å². The molecular weight excluding hydrogens is 402 g/mol. The number of benzene rings is 1. The summed E-state index contributed by atoms with van der Waals surface area (Å²) in [6.07, 6.45) is 3.96. The monoisotopic (exact) mass is 435 g/mol. The van der Waals surface area contributed by atoms with Gasteiger partial charge < -0.3 is 15.4 Å². The van der Waals surface area contributed by atoms with Gasteiger partial charge in [0, 0.05) is 6.04 Å². The van der Waals surface area contributed by atoms with Crippen molar-refractivity contribution < 1.29 is 9.53 Å². The number of carbonyl (C=O) groups excluding carboxylic acids is 1. The summed E-state index contributed by atoms with van der Waals surface area (Å²) in [7, 11) is 0. The highest BCUT2D eigenvalue weighted by Gasteiger charge is 2.23. The summed E-state index contributed by atoms with van der Waals surface area (Å²) in [4.78, 5) is 12.7. The number of nitrogens with zero attached hydrogens (tertiary/aromatic N) is 3. The van der Waals surface area contributed by atoms with E-state index in [1.807, 2.05) is 44.5 Å². The van der Waals surface area contributed by atoms with Crippen LogP contribution in [0.4, 0.5) is 0 Å². The van der Waals surface area contributed by atoms with Crippen molar-refractivity contribution in [2.45, 2.75) is 71.6 Å². The Morgan fingerprint density at radius 3 is 2.53 bits per heavy atom. The van der Waals surface area contributed by atoms with Crippen LogP contribution in [0.1, 0.15) is 67.8 Å². The van der Waals surface area contributed by atoms with Crippen LogP contribution in [0.5, 0.6) is 5.75 Å². The summed E-state index contributed by atoms with van der Waals surface area (Å²) in [5.41, 5.74) is 2.52. The molecule has 1 saturated heterocycles. The number of amides is 1. The Bertz CT molecular complexity index is 800. The van der Waals surface area contributed by atoms with Crippen LogP contribution >= 0.6 is 12.4 Å². The van der Waals surface area contributed by atoms with E-state index >= 15 is 0 Å². The molecule has 2 aromatic rings. The molecule has 1 amide bonds. The number of aryl methyl sites for hydroxylation is 1. The highest BCUT2D eigenvalue weighted by atomic mass is 35.5. The summed E-state index contributed by atoms with van der Waals surface area (Å²) < 4.78 is 7.60. The molecule has 1 aliphatic rings. The van der Waals surface area contributed by atoms with Gasteiger partial charge in [-0.1, -0.05) is 17.3 Å². The molecule has 1 aliphatic heterocycles. The third kappa shape index (κ3) is 6.44. The second kappa shape index (κ2) is 11.3. The molecule has 0 saturated carbocycles. The van der Waals surface area contributed by atoms with E-state index in [0.29, 0.717) is 11.7 Å². The van der Waals surface area contributed by atoms with E-state index in [0.717, 1.165) is 50.2 Å². The molecule has 7 nitrogen and oxygen atoms in total. The maximum absolute atomic E-state index is 12.7. The zero-order valence-electron chi connectivity index (χ0n) is 18.4. The van der Waals surface area contributed by atoms with Crippen molar-refractivity contribution in [1.82, 2.24) is 25.6 Å². The lowest BCUT2D eigenvalue weighted by Crippen LogP contribution is -2.34. The third-order valence-electron chi connectivity index (χ3n) is 5.34. The average molecular weight is 436 g/mol. The number of rotatable bonds is 8. The lowest BCUT2D eigenvalue weighted by Gasteiger charge is -2.23. The van der Waals surface area contributed by atoms with E-state index < -0.39 is 0 Å². The molecule has 8 heteroatoms. The van der Waals surface area contributed by atoms with Crippen molar-refractivity contribution in [3.05, 3.63) is 41.2 Å². The smallest absolute Gasteiger partial charge is 0.273 e. The van der Waals surface area contributed by atoms with Crippen LogP contribution in [0.3, 0.4) is 0 Å². The fourth-order valence-corrected chi connectivity index (χ4v) is 3.70. The van der Waals surface area contributed by atoms with Gasteiger partial charge in [0.05, 0.1) is 17.8 Å². The second-order valence-electron chi connectivity index (χ2n) is 8.17. The first-order valence-electron chi connectivity index (χ1n) is 10.6. The Morgan fingerprint density at radius 1 is 1.23 bits per heavy atom. The minimum atomic E-state index is -0.143. The highest BCUT2D eigenvalue weighted by Crippen LogP contribution is 2.20. The van der Waals surface area contributed by atoms with Crippen LogP contribution < -0.4 is 15.4 Å². The van der Waals surface area contributed by atoms with Crippen LogP contribution in [0.15, 0.2) is 24.3 Å². The number of hydrogen-bond acceptors (Lipinski definition) is 5. The van der Waals surface area contributed by atoms with E-state index in [2.05, 4.69) is 33.1 Å². The van der Waals surface area contributed by atoms with Crippen molar-refractivity contribution in [3.63, 3.8) is 0 Å². The van der Waals surface area contributed by atoms with Crippen molar-refractivity contribution in [2.75, 3.05) is 13.1 Å². The normalized spacial score (nSPS) is 15.5. The van der Waals surface area contributed by atoms with Gasteiger partial charge in [0.1, 0.15) is 5.75 Å². The van der Waals surface area contributed by atoms with Gasteiger partial charge in [0.2, 0.25) is 0 Å². The van der Waals surface area contributed by atoms with Gasteiger partial charge in [0.25, 0.3) is 5.91 Å². The number of ether oxygens (including phenoxy) is 1. The van der Waals surface area contributed by atoms with Gasteiger partial charge in [-0.3, -0.25) is 4.79 Å². The van der Waals surface area contributed by atoms with Crippen molar-refractivity contribution in [1.29, 1.82) is 0 Å². The molecule has 1 atom stereocenters. The topological polar surface area (TPSA) is 81.1 Å². The van der Waals surface area contributed by atoms with E-state index in [4.69, 9.17) is 4.74 Å². The van der Waals surface area contributed by atoms with Crippen LogP contribution in [-0.2, 0) is 6.42 Å². The lowest BCUT2D eigenvalue weighted by atomic mass is 10.1. The zero-order valence-corrected chi connectivity index (χ0v) is 19.2. The molecule has 1 unspecified atom stereocenters. The van der Waals surface area contributed by atoms with E-state index in [1.54, 1.807) is 0 Å². The van der Waals surface area contributed by atoms with Crippen LogP contribution in [0.2, 0.25) is 0 Å². The van der Waals surface area contributed by atoms with Gasteiger partial charge in [-0.25, -0.2) is 4.68 Å². The zero-order chi connectivity index (χ0) is 20.8. The first kappa shape index (κ1) is 24.2. The number of carbonyl (C=O) groups is 1. The summed E-state index contributed by atoms with van der Waals surface area (Å²) in [5.74, 6) is 0.744. The molecule has 166 valence electrons. The van der Waals surface area contributed by atoms with E-state index in [1.165, 1.54) is 5.56 Å². The van der Waals surface area contributed by atoms with Crippen LogP contribution in [-0.4, -0.2) is 46.1 Å². The van der Waals surface area contributed by atoms with Gasteiger partial charge in [-0.2, -0.15) is 0 Å². The Hall–Kier alpha value is -2.12. The molecular formula is C22H34ClN5O2. The molecule has 30 heavy (non-hydrogen) atoms. The summed E-state index contributed by atoms with van der Waals surface area (Å²) in [6, 6.07) is 8.55. The Labute approximate surface area is 185 Å². The SMILES string of the molecule is Cc1c(C(=O)NC(C)CCc2ccc(OC(C)C)cc2)nnn1C1CCNCC1.Cl.